The Labute approximate surface area is 110 Å². The summed E-state index contributed by atoms with van der Waals surface area (Å²) in [4.78, 5) is 14.1. The van der Waals surface area contributed by atoms with E-state index in [9.17, 15) is 4.79 Å². The number of thioether (sulfide) groups is 1. The van der Waals surface area contributed by atoms with Crippen molar-refractivity contribution in [3.05, 3.63) is 24.3 Å². The molecule has 0 bridgehead atoms. The minimum Gasteiger partial charge on any atom is -0.485 e. The van der Waals surface area contributed by atoms with Crippen LogP contribution in [0.5, 0.6) is 11.5 Å². The lowest BCUT2D eigenvalue weighted by Crippen LogP contribution is -2.49. The van der Waals surface area contributed by atoms with Crippen LogP contribution in [0.2, 0.25) is 0 Å². The van der Waals surface area contributed by atoms with Crippen LogP contribution < -0.4 is 9.47 Å². The average molecular weight is 265 g/mol. The van der Waals surface area contributed by atoms with Crippen LogP contribution in [-0.2, 0) is 4.79 Å². The monoisotopic (exact) mass is 265 g/mol. The molecule has 1 aromatic rings. The van der Waals surface area contributed by atoms with Gasteiger partial charge in [0.05, 0.1) is 0 Å². The fourth-order valence-corrected chi connectivity index (χ4v) is 3.03. The van der Waals surface area contributed by atoms with Gasteiger partial charge in [-0.05, 0) is 12.1 Å². The number of ether oxygens (including phenoxy) is 2. The van der Waals surface area contributed by atoms with Gasteiger partial charge in [-0.3, -0.25) is 4.79 Å². The van der Waals surface area contributed by atoms with E-state index < -0.39 is 6.10 Å². The van der Waals surface area contributed by atoms with Gasteiger partial charge in [0.25, 0.3) is 5.91 Å². The van der Waals surface area contributed by atoms with E-state index in [1.165, 1.54) is 0 Å². The first-order valence-electron chi connectivity index (χ1n) is 6.09. The van der Waals surface area contributed by atoms with Crippen LogP contribution in [0.25, 0.3) is 0 Å². The molecule has 0 N–H and O–H groups in total. The fraction of sp³-hybridized carbons (Fsp3) is 0.462. The van der Waals surface area contributed by atoms with E-state index in [1.54, 1.807) is 0 Å². The smallest absolute Gasteiger partial charge is 0.267 e. The number of rotatable bonds is 1. The summed E-state index contributed by atoms with van der Waals surface area (Å²) in [6.07, 6.45) is -0.497. The van der Waals surface area contributed by atoms with Crippen LogP contribution in [0.4, 0.5) is 0 Å². The van der Waals surface area contributed by atoms with E-state index in [1.807, 2.05) is 40.9 Å². The van der Waals surface area contributed by atoms with Gasteiger partial charge < -0.3 is 14.4 Å². The van der Waals surface area contributed by atoms with Crippen LogP contribution in [-0.4, -0.2) is 48.1 Å². The highest BCUT2D eigenvalue weighted by Crippen LogP contribution is 2.31. The number of carbonyl (C=O) groups is 1. The van der Waals surface area contributed by atoms with Crippen molar-refractivity contribution in [2.24, 2.45) is 0 Å². The fourth-order valence-electron chi connectivity index (χ4n) is 2.13. The van der Waals surface area contributed by atoms with Crippen LogP contribution >= 0.6 is 11.8 Å². The van der Waals surface area contributed by atoms with E-state index in [2.05, 4.69) is 0 Å². The largest absolute Gasteiger partial charge is 0.485 e. The summed E-state index contributed by atoms with van der Waals surface area (Å²) >= 11 is 1.89. The van der Waals surface area contributed by atoms with Gasteiger partial charge in [0, 0.05) is 24.6 Å². The van der Waals surface area contributed by atoms with Gasteiger partial charge in [0.2, 0.25) is 6.10 Å². The Balaban J connectivity index is 1.69. The molecule has 0 saturated carbocycles. The molecule has 4 nitrogen and oxygen atoms in total. The van der Waals surface area contributed by atoms with Crippen molar-refractivity contribution in [2.45, 2.75) is 6.10 Å². The lowest BCUT2D eigenvalue weighted by Gasteiger charge is -2.32. The van der Waals surface area contributed by atoms with Gasteiger partial charge in [-0.25, -0.2) is 0 Å². The predicted octanol–water partition coefficient (Wildman–Crippen LogP) is 1.40. The van der Waals surface area contributed by atoms with Crippen LogP contribution in [0.15, 0.2) is 24.3 Å². The molecule has 2 heterocycles. The molecule has 1 amide bonds. The molecule has 96 valence electrons. The first-order chi connectivity index (χ1) is 8.84. The van der Waals surface area contributed by atoms with Gasteiger partial charge >= 0.3 is 0 Å². The Bertz CT molecular complexity index is 446. The number of fused-ring (bicyclic) bond motifs is 1. The SMILES string of the molecule is O=C([C@@H]1COc2ccccc2O1)N1CCSCC1. The van der Waals surface area contributed by atoms with Crippen LogP contribution in [0.3, 0.4) is 0 Å². The molecule has 1 fully saturated rings. The van der Waals surface area contributed by atoms with E-state index in [4.69, 9.17) is 9.47 Å². The van der Waals surface area contributed by atoms with Crippen molar-refractivity contribution in [1.29, 1.82) is 0 Å². The maximum atomic E-state index is 12.3. The third-order valence-corrected chi connectivity index (χ3v) is 4.05. The second-order valence-corrected chi connectivity index (χ2v) is 5.53. The summed E-state index contributed by atoms with van der Waals surface area (Å²) in [5.41, 5.74) is 0. The lowest BCUT2D eigenvalue weighted by molar-refractivity contribution is -0.140. The summed E-state index contributed by atoms with van der Waals surface area (Å²) in [7, 11) is 0. The third kappa shape index (κ3) is 2.27. The quantitative estimate of drug-likeness (QED) is 0.769. The molecule has 0 radical (unpaired) electrons. The molecule has 3 rings (SSSR count). The number of para-hydroxylation sites is 2. The summed E-state index contributed by atoms with van der Waals surface area (Å²) in [6, 6.07) is 7.47. The molecule has 1 saturated heterocycles. The van der Waals surface area contributed by atoms with Crippen molar-refractivity contribution in [2.75, 3.05) is 31.2 Å². The van der Waals surface area contributed by atoms with Gasteiger partial charge in [-0.1, -0.05) is 12.1 Å². The van der Waals surface area contributed by atoms with Crippen molar-refractivity contribution >= 4 is 17.7 Å². The standard InChI is InChI=1S/C13H15NO3S/c15-13(14-5-7-18-8-6-14)12-9-16-10-3-1-2-4-11(10)17-12/h1-4,12H,5-9H2/t12-/m0/s1. The Kier molecular flexibility index (Phi) is 3.32. The zero-order valence-corrected chi connectivity index (χ0v) is 10.8. The Morgan fingerprint density at radius 1 is 1.22 bits per heavy atom. The van der Waals surface area contributed by atoms with Gasteiger partial charge in [-0.15, -0.1) is 0 Å². The molecular formula is C13H15NO3S. The van der Waals surface area contributed by atoms with E-state index in [-0.39, 0.29) is 5.91 Å². The minimum absolute atomic E-state index is 0.0461. The molecule has 0 aromatic heterocycles. The molecule has 0 aliphatic carbocycles. The molecule has 1 atom stereocenters. The number of carbonyl (C=O) groups excluding carboxylic acids is 1. The van der Waals surface area contributed by atoms with Crippen molar-refractivity contribution in [3.63, 3.8) is 0 Å². The molecule has 0 spiro atoms. The Hall–Kier alpha value is -1.36. The summed E-state index contributed by atoms with van der Waals surface area (Å²) in [5, 5.41) is 0. The molecule has 18 heavy (non-hydrogen) atoms. The van der Waals surface area contributed by atoms with Gasteiger partial charge in [0.15, 0.2) is 11.5 Å². The van der Waals surface area contributed by atoms with Crippen molar-refractivity contribution in [3.8, 4) is 11.5 Å². The number of benzene rings is 1. The summed E-state index contributed by atoms with van der Waals surface area (Å²) in [6.45, 7) is 1.93. The molecule has 0 unspecified atom stereocenters. The predicted molar refractivity (Wildman–Crippen MR) is 70.3 cm³/mol. The first kappa shape index (κ1) is 11.7. The highest BCUT2D eigenvalue weighted by Gasteiger charge is 2.31. The Morgan fingerprint density at radius 3 is 2.72 bits per heavy atom. The minimum atomic E-state index is -0.497. The van der Waals surface area contributed by atoms with E-state index in [0.29, 0.717) is 12.4 Å². The topological polar surface area (TPSA) is 38.8 Å². The molecule has 1 aromatic carbocycles. The average Bonchev–Trinajstić information content (AvgIpc) is 2.47. The highest BCUT2D eigenvalue weighted by molar-refractivity contribution is 7.99. The number of hydrogen-bond donors (Lipinski definition) is 0. The number of nitrogens with zero attached hydrogens (tertiary/aromatic N) is 1. The van der Waals surface area contributed by atoms with Crippen LogP contribution in [0.1, 0.15) is 0 Å². The lowest BCUT2D eigenvalue weighted by atomic mass is 10.2. The molecule has 2 aliphatic rings. The zero-order chi connectivity index (χ0) is 12.4. The second kappa shape index (κ2) is 5.10. The molecular weight excluding hydrogens is 250 g/mol. The van der Waals surface area contributed by atoms with E-state index >= 15 is 0 Å². The number of hydrogen-bond acceptors (Lipinski definition) is 4. The molecule has 2 aliphatic heterocycles. The third-order valence-electron chi connectivity index (χ3n) is 3.11. The summed E-state index contributed by atoms with van der Waals surface area (Å²) < 4.78 is 11.3. The highest BCUT2D eigenvalue weighted by atomic mass is 32.2. The second-order valence-electron chi connectivity index (χ2n) is 4.30. The Morgan fingerprint density at radius 2 is 1.94 bits per heavy atom. The maximum absolute atomic E-state index is 12.3. The van der Waals surface area contributed by atoms with Crippen molar-refractivity contribution in [1.82, 2.24) is 4.90 Å². The maximum Gasteiger partial charge on any atom is 0.267 e. The van der Waals surface area contributed by atoms with Crippen LogP contribution in [0, 0.1) is 0 Å². The summed E-state index contributed by atoms with van der Waals surface area (Å²) in [5.74, 6) is 3.44. The number of amides is 1. The van der Waals surface area contributed by atoms with Gasteiger partial charge in [-0.2, -0.15) is 11.8 Å². The van der Waals surface area contributed by atoms with Crippen molar-refractivity contribution < 1.29 is 14.3 Å². The molecule has 5 heteroatoms. The van der Waals surface area contributed by atoms with Gasteiger partial charge in [0.1, 0.15) is 6.61 Å². The normalized spacial score (nSPS) is 22.7. The zero-order valence-electron chi connectivity index (χ0n) is 10.0. The first-order valence-corrected chi connectivity index (χ1v) is 7.25. The van der Waals surface area contributed by atoms with E-state index in [0.717, 1.165) is 30.3 Å².